The number of aromatic carboxylic acids is 1. The van der Waals surface area contributed by atoms with E-state index in [1.54, 1.807) is 25.1 Å². The van der Waals surface area contributed by atoms with Gasteiger partial charge in [0.2, 0.25) is 0 Å². The molecule has 0 aliphatic rings. The molecule has 0 aliphatic heterocycles. The van der Waals surface area contributed by atoms with Gasteiger partial charge in [-0.15, -0.1) is 0 Å². The highest BCUT2D eigenvalue weighted by Crippen LogP contribution is 2.30. The summed E-state index contributed by atoms with van der Waals surface area (Å²) in [5.41, 5.74) is 0.358. The number of benzene rings is 1. The van der Waals surface area contributed by atoms with Gasteiger partial charge in [0.05, 0.1) is 16.3 Å². The number of halogens is 2. The third-order valence-electron chi connectivity index (χ3n) is 2.28. The van der Waals surface area contributed by atoms with Crippen LogP contribution >= 0.6 is 27.5 Å². The maximum absolute atomic E-state index is 10.8. The second-order valence-electron chi connectivity index (χ2n) is 3.63. The fourth-order valence-electron chi connectivity index (χ4n) is 1.36. The molecule has 1 aromatic heterocycles. The predicted molar refractivity (Wildman–Crippen MR) is 73.0 cm³/mol. The molecular formula is C12H8BrClN2O3. The number of hydrogen-bond donors (Lipinski definition) is 1. The van der Waals surface area contributed by atoms with E-state index in [2.05, 4.69) is 25.9 Å². The lowest BCUT2D eigenvalue weighted by atomic mass is 10.2. The van der Waals surface area contributed by atoms with Crippen molar-refractivity contribution in [3.05, 3.63) is 45.1 Å². The average molecular weight is 344 g/mol. The molecule has 0 radical (unpaired) electrons. The Hall–Kier alpha value is -1.66. The van der Waals surface area contributed by atoms with E-state index in [4.69, 9.17) is 21.4 Å². The van der Waals surface area contributed by atoms with Crippen LogP contribution in [-0.2, 0) is 0 Å². The maximum Gasteiger partial charge on any atom is 0.339 e. The predicted octanol–water partition coefficient (Wildman–Crippen LogP) is 3.69. The number of carboxylic acid groups (broad SMARTS) is 1. The summed E-state index contributed by atoms with van der Waals surface area (Å²) in [6, 6.07) is 5.16. The molecule has 0 saturated heterocycles. The third kappa shape index (κ3) is 3.21. The first-order valence-corrected chi connectivity index (χ1v) is 6.34. The van der Waals surface area contributed by atoms with Crippen molar-refractivity contribution in [2.75, 3.05) is 0 Å². The van der Waals surface area contributed by atoms with E-state index in [9.17, 15) is 4.79 Å². The Morgan fingerprint density at radius 2 is 2.21 bits per heavy atom. The number of ether oxygens (including phenoxy) is 1. The third-order valence-corrected chi connectivity index (χ3v) is 3.09. The van der Waals surface area contributed by atoms with Gasteiger partial charge >= 0.3 is 12.0 Å². The van der Waals surface area contributed by atoms with Gasteiger partial charge in [-0.2, -0.15) is 4.98 Å². The van der Waals surface area contributed by atoms with Gasteiger partial charge in [-0.25, -0.2) is 9.78 Å². The first kappa shape index (κ1) is 13.8. The van der Waals surface area contributed by atoms with Crippen LogP contribution in [0.1, 0.15) is 16.1 Å². The first-order chi connectivity index (χ1) is 8.97. The average Bonchev–Trinajstić information content (AvgIpc) is 2.33. The van der Waals surface area contributed by atoms with Crippen LogP contribution in [0.2, 0.25) is 5.02 Å². The maximum atomic E-state index is 10.8. The Morgan fingerprint density at radius 3 is 2.84 bits per heavy atom. The molecule has 0 saturated carbocycles. The normalized spacial score (nSPS) is 10.3. The van der Waals surface area contributed by atoms with Crippen LogP contribution in [0.4, 0.5) is 0 Å². The summed E-state index contributed by atoms with van der Waals surface area (Å²) >= 11 is 9.27. The van der Waals surface area contributed by atoms with Crippen LogP contribution in [0, 0.1) is 6.92 Å². The lowest BCUT2D eigenvalue weighted by molar-refractivity contribution is 0.0695. The lowest BCUT2D eigenvalue weighted by Gasteiger charge is -2.07. The van der Waals surface area contributed by atoms with E-state index in [-0.39, 0.29) is 11.6 Å². The highest BCUT2D eigenvalue weighted by Gasteiger charge is 2.12. The Labute approximate surface area is 122 Å². The van der Waals surface area contributed by atoms with Crippen LogP contribution in [0.5, 0.6) is 11.8 Å². The summed E-state index contributed by atoms with van der Waals surface area (Å²) in [5, 5.41) is 9.29. The first-order valence-electron chi connectivity index (χ1n) is 5.17. The zero-order valence-electron chi connectivity index (χ0n) is 9.72. The molecule has 5 nitrogen and oxygen atoms in total. The number of rotatable bonds is 3. The van der Waals surface area contributed by atoms with Gasteiger partial charge in [0.15, 0.2) is 5.75 Å². The summed E-state index contributed by atoms with van der Waals surface area (Å²) in [4.78, 5) is 18.7. The molecule has 0 unspecified atom stereocenters. The van der Waals surface area contributed by atoms with Gasteiger partial charge in [0, 0.05) is 10.7 Å². The van der Waals surface area contributed by atoms with Crippen LogP contribution in [0.25, 0.3) is 0 Å². The van der Waals surface area contributed by atoms with Crippen molar-refractivity contribution in [3.8, 4) is 11.8 Å². The second kappa shape index (κ2) is 5.54. The van der Waals surface area contributed by atoms with Crippen molar-refractivity contribution in [3.63, 3.8) is 0 Å². The topological polar surface area (TPSA) is 72.3 Å². The minimum absolute atomic E-state index is 0.0349. The van der Waals surface area contributed by atoms with Crippen molar-refractivity contribution < 1.29 is 14.6 Å². The Morgan fingerprint density at radius 1 is 1.47 bits per heavy atom. The molecule has 7 heteroatoms. The van der Waals surface area contributed by atoms with Crippen molar-refractivity contribution in [1.82, 2.24) is 9.97 Å². The SMILES string of the molecule is Cc1nc(Oc2cc(Br)ccc2Cl)ncc1C(=O)O. The fraction of sp³-hybridized carbons (Fsp3) is 0.0833. The minimum atomic E-state index is -1.08. The zero-order chi connectivity index (χ0) is 14.0. The number of aryl methyl sites for hydroxylation is 1. The Bertz CT molecular complexity index is 649. The molecule has 1 N–H and O–H groups in total. The van der Waals surface area contributed by atoms with Gasteiger partial charge in [-0.05, 0) is 25.1 Å². The van der Waals surface area contributed by atoms with Crippen molar-refractivity contribution in [2.45, 2.75) is 6.92 Å². The molecule has 0 aliphatic carbocycles. The summed E-state index contributed by atoms with van der Waals surface area (Å²) in [6.45, 7) is 1.57. The van der Waals surface area contributed by atoms with E-state index in [1.165, 1.54) is 6.20 Å². The molecule has 0 amide bonds. The van der Waals surface area contributed by atoms with Crippen molar-refractivity contribution in [1.29, 1.82) is 0 Å². The highest BCUT2D eigenvalue weighted by atomic mass is 79.9. The molecule has 0 fully saturated rings. The van der Waals surface area contributed by atoms with Gasteiger partial charge in [0.25, 0.3) is 0 Å². The highest BCUT2D eigenvalue weighted by molar-refractivity contribution is 9.10. The number of carboxylic acids is 1. The molecule has 1 aromatic carbocycles. The Kier molecular flexibility index (Phi) is 4.01. The number of aromatic nitrogens is 2. The van der Waals surface area contributed by atoms with Gasteiger partial charge in [0.1, 0.15) is 0 Å². The summed E-state index contributed by atoms with van der Waals surface area (Å²) < 4.78 is 6.23. The van der Waals surface area contributed by atoms with Gasteiger partial charge in [-0.3, -0.25) is 0 Å². The summed E-state index contributed by atoms with van der Waals surface area (Å²) in [5.74, 6) is -0.692. The molecular weight excluding hydrogens is 336 g/mol. The molecule has 0 bridgehead atoms. The molecule has 1 heterocycles. The quantitative estimate of drug-likeness (QED) is 0.920. The molecule has 0 spiro atoms. The van der Waals surface area contributed by atoms with Gasteiger partial charge in [-0.1, -0.05) is 27.5 Å². The van der Waals surface area contributed by atoms with Crippen LogP contribution < -0.4 is 4.74 Å². The summed E-state index contributed by atoms with van der Waals surface area (Å²) in [6.07, 6.45) is 1.20. The lowest BCUT2D eigenvalue weighted by Crippen LogP contribution is -2.04. The van der Waals surface area contributed by atoms with E-state index < -0.39 is 5.97 Å². The monoisotopic (exact) mass is 342 g/mol. The van der Waals surface area contributed by atoms with E-state index in [0.29, 0.717) is 16.5 Å². The standard InChI is InChI=1S/C12H8BrClN2O3/c1-6-8(11(17)18)5-15-12(16-6)19-10-4-7(13)2-3-9(10)14/h2-5H,1H3,(H,17,18). The van der Waals surface area contributed by atoms with E-state index in [0.717, 1.165) is 4.47 Å². The molecule has 2 aromatic rings. The molecule has 98 valence electrons. The van der Waals surface area contributed by atoms with Crippen molar-refractivity contribution >= 4 is 33.5 Å². The van der Waals surface area contributed by atoms with Crippen LogP contribution in [0.3, 0.4) is 0 Å². The molecule has 2 rings (SSSR count). The molecule has 0 atom stereocenters. The number of carbonyl (C=O) groups is 1. The largest absolute Gasteiger partial charge is 0.478 e. The Balaban J connectivity index is 2.31. The number of nitrogens with zero attached hydrogens (tertiary/aromatic N) is 2. The fourth-order valence-corrected chi connectivity index (χ4v) is 1.85. The van der Waals surface area contributed by atoms with E-state index >= 15 is 0 Å². The molecule has 19 heavy (non-hydrogen) atoms. The smallest absolute Gasteiger partial charge is 0.339 e. The zero-order valence-corrected chi connectivity index (χ0v) is 12.1. The van der Waals surface area contributed by atoms with E-state index in [1.807, 2.05) is 0 Å². The van der Waals surface area contributed by atoms with Crippen LogP contribution in [0.15, 0.2) is 28.9 Å². The summed E-state index contributed by atoms with van der Waals surface area (Å²) in [7, 11) is 0. The van der Waals surface area contributed by atoms with Crippen molar-refractivity contribution in [2.24, 2.45) is 0 Å². The van der Waals surface area contributed by atoms with Gasteiger partial charge < -0.3 is 9.84 Å². The second-order valence-corrected chi connectivity index (χ2v) is 4.96. The minimum Gasteiger partial charge on any atom is -0.478 e. The van der Waals surface area contributed by atoms with Crippen LogP contribution in [-0.4, -0.2) is 21.0 Å². The number of hydrogen-bond acceptors (Lipinski definition) is 4.